The summed E-state index contributed by atoms with van der Waals surface area (Å²) in [4.78, 5) is 14.2. The van der Waals surface area contributed by atoms with Gasteiger partial charge in [0.15, 0.2) is 0 Å². The van der Waals surface area contributed by atoms with E-state index in [2.05, 4.69) is 17.6 Å². The summed E-state index contributed by atoms with van der Waals surface area (Å²) < 4.78 is 0. The Balaban J connectivity index is 1.88. The van der Waals surface area contributed by atoms with Crippen LogP contribution in [0, 0.1) is 11.8 Å². The Morgan fingerprint density at radius 1 is 1.35 bits per heavy atom. The molecule has 1 fully saturated rings. The van der Waals surface area contributed by atoms with Crippen LogP contribution >= 0.6 is 0 Å². The third-order valence-corrected chi connectivity index (χ3v) is 4.16. The first-order chi connectivity index (χ1) is 9.58. The fourth-order valence-corrected chi connectivity index (χ4v) is 2.56. The molecule has 4 heteroatoms. The molecule has 4 nitrogen and oxygen atoms in total. The first-order valence-corrected chi connectivity index (χ1v) is 7.34. The van der Waals surface area contributed by atoms with Gasteiger partial charge in [-0.3, -0.25) is 4.79 Å². The molecule has 0 aromatic heterocycles. The van der Waals surface area contributed by atoms with Crippen molar-refractivity contribution in [2.45, 2.75) is 13.3 Å². The van der Waals surface area contributed by atoms with Crippen LogP contribution in [0.2, 0.25) is 0 Å². The Hall–Kier alpha value is -1.55. The van der Waals surface area contributed by atoms with Gasteiger partial charge in [0.2, 0.25) is 0 Å². The Bertz CT molecular complexity index is 442. The lowest BCUT2D eigenvalue weighted by Gasteiger charge is -2.29. The van der Waals surface area contributed by atoms with Crippen LogP contribution in [0.1, 0.15) is 23.7 Å². The summed E-state index contributed by atoms with van der Waals surface area (Å²) in [6, 6.07) is 7.71. The number of carbonyl (C=O) groups excluding carboxylic acids is 1. The van der Waals surface area contributed by atoms with E-state index in [0.717, 1.165) is 30.9 Å². The van der Waals surface area contributed by atoms with Gasteiger partial charge in [-0.25, -0.2) is 0 Å². The molecule has 2 rings (SSSR count). The van der Waals surface area contributed by atoms with E-state index in [4.69, 9.17) is 0 Å². The molecule has 1 amide bonds. The van der Waals surface area contributed by atoms with Crippen LogP contribution in [0.4, 0.5) is 5.69 Å². The van der Waals surface area contributed by atoms with Crippen molar-refractivity contribution < 1.29 is 4.79 Å². The van der Waals surface area contributed by atoms with Crippen molar-refractivity contribution in [2.24, 2.45) is 11.8 Å². The van der Waals surface area contributed by atoms with Gasteiger partial charge in [-0.1, -0.05) is 6.92 Å². The van der Waals surface area contributed by atoms with Crippen molar-refractivity contribution in [2.75, 3.05) is 38.6 Å². The third-order valence-electron chi connectivity index (χ3n) is 4.16. The number of hydrogen-bond donors (Lipinski definition) is 2. The van der Waals surface area contributed by atoms with Crippen LogP contribution in [-0.2, 0) is 0 Å². The molecule has 0 saturated carbocycles. The van der Waals surface area contributed by atoms with Crippen LogP contribution in [-0.4, -0.2) is 39.6 Å². The van der Waals surface area contributed by atoms with E-state index >= 15 is 0 Å². The van der Waals surface area contributed by atoms with Crippen LogP contribution in [0.25, 0.3) is 0 Å². The van der Waals surface area contributed by atoms with Crippen molar-refractivity contribution in [1.82, 2.24) is 10.6 Å². The van der Waals surface area contributed by atoms with E-state index in [1.165, 1.54) is 6.42 Å². The predicted molar refractivity (Wildman–Crippen MR) is 83.2 cm³/mol. The number of carbonyl (C=O) groups is 1. The van der Waals surface area contributed by atoms with Crippen molar-refractivity contribution >= 4 is 11.6 Å². The minimum atomic E-state index is 0.0214. The molecular formula is C16H25N3O. The molecule has 2 atom stereocenters. The minimum absolute atomic E-state index is 0.0214. The first-order valence-electron chi connectivity index (χ1n) is 7.34. The largest absolute Gasteiger partial charge is 0.378 e. The van der Waals surface area contributed by atoms with Gasteiger partial charge in [0.1, 0.15) is 0 Å². The predicted octanol–water partition coefficient (Wildman–Crippen LogP) is 1.73. The number of benzene rings is 1. The Kier molecular flexibility index (Phi) is 5.01. The SMILES string of the molecule is CC1CCNCC1CNC(=O)c1ccc(N(C)C)cc1. The van der Waals surface area contributed by atoms with E-state index in [-0.39, 0.29) is 5.91 Å². The molecule has 1 aromatic rings. The summed E-state index contributed by atoms with van der Waals surface area (Å²) in [6.45, 7) is 5.12. The number of piperidine rings is 1. The highest BCUT2D eigenvalue weighted by Crippen LogP contribution is 2.17. The van der Waals surface area contributed by atoms with E-state index in [1.54, 1.807) is 0 Å². The van der Waals surface area contributed by atoms with Gasteiger partial charge in [0.25, 0.3) is 5.91 Å². The summed E-state index contributed by atoms with van der Waals surface area (Å²) in [6.07, 6.45) is 1.19. The molecule has 0 aliphatic carbocycles. The molecule has 1 heterocycles. The second-order valence-electron chi connectivity index (χ2n) is 5.88. The number of amides is 1. The fourth-order valence-electron chi connectivity index (χ4n) is 2.56. The smallest absolute Gasteiger partial charge is 0.251 e. The number of rotatable bonds is 4. The zero-order valence-electron chi connectivity index (χ0n) is 12.6. The van der Waals surface area contributed by atoms with Crippen molar-refractivity contribution in [3.05, 3.63) is 29.8 Å². The zero-order chi connectivity index (χ0) is 14.5. The highest BCUT2D eigenvalue weighted by Gasteiger charge is 2.21. The average molecular weight is 275 g/mol. The number of hydrogen-bond acceptors (Lipinski definition) is 3. The number of nitrogens with one attached hydrogen (secondary N) is 2. The van der Waals surface area contributed by atoms with Crippen molar-refractivity contribution in [3.8, 4) is 0 Å². The molecule has 1 aliphatic rings. The first kappa shape index (κ1) is 14.9. The second-order valence-corrected chi connectivity index (χ2v) is 5.88. The van der Waals surface area contributed by atoms with Gasteiger partial charge in [-0.05, 0) is 55.6 Å². The molecule has 2 unspecified atom stereocenters. The average Bonchev–Trinajstić information content (AvgIpc) is 2.46. The highest BCUT2D eigenvalue weighted by atomic mass is 16.1. The lowest BCUT2D eigenvalue weighted by Crippen LogP contribution is -2.42. The summed E-state index contributed by atoms with van der Waals surface area (Å²) >= 11 is 0. The van der Waals surface area contributed by atoms with Gasteiger partial charge in [0.05, 0.1) is 0 Å². The van der Waals surface area contributed by atoms with Gasteiger partial charge in [-0.2, -0.15) is 0 Å². The van der Waals surface area contributed by atoms with E-state index < -0.39 is 0 Å². The topological polar surface area (TPSA) is 44.4 Å². The molecular weight excluding hydrogens is 250 g/mol. The maximum absolute atomic E-state index is 12.1. The van der Waals surface area contributed by atoms with Crippen LogP contribution in [0.3, 0.4) is 0 Å². The minimum Gasteiger partial charge on any atom is -0.378 e. The lowest BCUT2D eigenvalue weighted by molar-refractivity contribution is 0.0939. The van der Waals surface area contributed by atoms with Crippen molar-refractivity contribution in [3.63, 3.8) is 0 Å². The Morgan fingerprint density at radius 2 is 2.05 bits per heavy atom. The van der Waals surface area contributed by atoms with E-state index in [9.17, 15) is 4.79 Å². The molecule has 20 heavy (non-hydrogen) atoms. The summed E-state index contributed by atoms with van der Waals surface area (Å²) in [7, 11) is 3.99. The quantitative estimate of drug-likeness (QED) is 0.879. The molecule has 0 radical (unpaired) electrons. The number of nitrogens with zero attached hydrogens (tertiary/aromatic N) is 1. The molecule has 0 bridgehead atoms. The molecule has 1 aromatic carbocycles. The summed E-state index contributed by atoms with van der Waals surface area (Å²) in [5, 5.41) is 6.45. The molecule has 1 aliphatic heterocycles. The highest BCUT2D eigenvalue weighted by molar-refractivity contribution is 5.94. The van der Waals surface area contributed by atoms with Gasteiger partial charge >= 0.3 is 0 Å². The standard InChI is InChI=1S/C16H25N3O/c1-12-8-9-17-10-14(12)11-18-16(20)13-4-6-15(7-5-13)19(2)3/h4-7,12,14,17H,8-11H2,1-3H3,(H,18,20). The summed E-state index contributed by atoms with van der Waals surface area (Å²) in [5.41, 5.74) is 1.83. The van der Waals surface area contributed by atoms with Crippen LogP contribution in [0.15, 0.2) is 24.3 Å². The maximum Gasteiger partial charge on any atom is 0.251 e. The lowest BCUT2D eigenvalue weighted by atomic mass is 9.88. The van der Waals surface area contributed by atoms with Crippen LogP contribution in [0.5, 0.6) is 0 Å². The van der Waals surface area contributed by atoms with Crippen molar-refractivity contribution in [1.29, 1.82) is 0 Å². The zero-order valence-corrected chi connectivity index (χ0v) is 12.6. The van der Waals surface area contributed by atoms with Gasteiger partial charge in [0, 0.05) is 31.9 Å². The van der Waals surface area contributed by atoms with Gasteiger partial charge < -0.3 is 15.5 Å². The summed E-state index contributed by atoms with van der Waals surface area (Å²) in [5.74, 6) is 1.23. The molecule has 2 N–H and O–H groups in total. The van der Waals surface area contributed by atoms with E-state index in [1.807, 2.05) is 43.3 Å². The molecule has 1 saturated heterocycles. The number of anilines is 1. The van der Waals surface area contributed by atoms with E-state index in [0.29, 0.717) is 11.8 Å². The Labute approximate surface area is 121 Å². The molecule has 110 valence electrons. The maximum atomic E-state index is 12.1. The third kappa shape index (κ3) is 3.73. The fraction of sp³-hybridized carbons (Fsp3) is 0.562. The van der Waals surface area contributed by atoms with Gasteiger partial charge in [-0.15, -0.1) is 0 Å². The Morgan fingerprint density at radius 3 is 2.65 bits per heavy atom. The normalized spacial score (nSPS) is 22.4. The monoisotopic (exact) mass is 275 g/mol. The molecule has 0 spiro atoms. The van der Waals surface area contributed by atoms with Crippen LogP contribution < -0.4 is 15.5 Å². The second kappa shape index (κ2) is 6.75.